The first-order valence-corrected chi connectivity index (χ1v) is 9.09. The number of rotatable bonds is 8. The van der Waals surface area contributed by atoms with Crippen molar-refractivity contribution < 1.29 is 14.3 Å². The number of benzene rings is 1. The van der Waals surface area contributed by atoms with Crippen LogP contribution in [0.2, 0.25) is 0 Å². The number of urea groups is 1. The second kappa shape index (κ2) is 10.3. The van der Waals surface area contributed by atoms with Crippen molar-refractivity contribution in [1.82, 2.24) is 10.2 Å². The highest BCUT2D eigenvalue weighted by Gasteiger charge is 2.21. The zero-order valence-corrected chi connectivity index (χ0v) is 15.6. The molecule has 0 unspecified atom stereocenters. The predicted molar refractivity (Wildman–Crippen MR) is 100 cm³/mol. The fourth-order valence-corrected chi connectivity index (χ4v) is 3.05. The van der Waals surface area contributed by atoms with E-state index in [4.69, 9.17) is 9.47 Å². The molecule has 0 atom stereocenters. The van der Waals surface area contributed by atoms with E-state index < -0.39 is 0 Å². The van der Waals surface area contributed by atoms with Gasteiger partial charge in [0.05, 0.1) is 12.3 Å². The van der Waals surface area contributed by atoms with Crippen molar-refractivity contribution in [2.45, 2.75) is 32.7 Å². The Labute approximate surface area is 150 Å². The molecule has 0 radical (unpaired) electrons. The second-order valence-corrected chi connectivity index (χ2v) is 6.90. The molecule has 2 N–H and O–H groups in total. The average Bonchev–Trinajstić information content (AvgIpc) is 2.58. The molecule has 1 saturated heterocycles. The lowest BCUT2D eigenvalue weighted by atomic mass is 10.0. The minimum absolute atomic E-state index is 0.176. The van der Waals surface area contributed by atoms with Crippen LogP contribution in [-0.4, -0.2) is 56.9 Å². The van der Waals surface area contributed by atoms with Crippen molar-refractivity contribution in [3.8, 4) is 5.75 Å². The van der Waals surface area contributed by atoms with Crippen molar-refractivity contribution in [3.05, 3.63) is 24.3 Å². The van der Waals surface area contributed by atoms with E-state index in [1.807, 2.05) is 24.3 Å². The first-order valence-electron chi connectivity index (χ1n) is 9.09. The van der Waals surface area contributed by atoms with Gasteiger partial charge in [-0.05, 0) is 30.9 Å². The molecule has 140 valence electrons. The number of nitrogens with one attached hydrogen (secondary N) is 2. The Morgan fingerprint density at radius 1 is 1.24 bits per heavy atom. The molecule has 2 amide bonds. The number of para-hydroxylation sites is 2. The third-order valence-electron chi connectivity index (χ3n) is 4.23. The summed E-state index contributed by atoms with van der Waals surface area (Å²) >= 11 is 0. The molecular weight excluding hydrogens is 318 g/mol. The van der Waals surface area contributed by atoms with E-state index in [0.717, 1.165) is 32.5 Å². The Morgan fingerprint density at radius 2 is 1.96 bits per heavy atom. The van der Waals surface area contributed by atoms with Gasteiger partial charge in [-0.2, -0.15) is 0 Å². The Bertz CT molecular complexity index is 528. The van der Waals surface area contributed by atoms with Crippen LogP contribution in [0, 0.1) is 5.92 Å². The Morgan fingerprint density at radius 3 is 2.64 bits per heavy atom. The summed E-state index contributed by atoms with van der Waals surface area (Å²) in [6.07, 6.45) is 1.98. The number of methoxy groups -OCH3 is 1. The van der Waals surface area contributed by atoms with Crippen molar-refractivity contribution in [2.75, 3.05) is 45.3 Å². The number of carbonyl (C=O) groups excluding carboxylic acids is 1. The first kappa shape index (κ1) is 19.5. The molecule has 6 nitrogen and oxygen atoms in total. The molecule has 1 aromatic carbocycles. The van der Waals surface area contributed by atoms with Crippen molar-refractivity contribution in [1.29, 1.82) is 0 Å². The van der Waals surface area contributed by atoms with Gasteiger partial charge in [0.2, 0.25) is 0 Å². The summed E-state index contributed by atoms with van der Waals surface area (Å²) in [7, 11) is 1.63. The maximum atomic E-state index is 12.3. The van der Waals surface area contributed by atoms with Gasteiger partial charge in [-0.15, -0.1) is 0 Å². The van der Waals surface area contributed by atoms with Crippen molar-refractivity contribution >= 4 is 11.7 Å². The average molecular weight is 349 g/mol. The second-order valence-electron chi connectivity index (χ2n) is 6.90. The molecule has 1 fully saturated rings. The smallest absolute Gasteiger partial charge is 0.319 e. The monoisotopic (exact) mass is 349 g/mol. The molecule has 0 bridgehead atoms. The normalized spacial score (nSPS) is 16.0. The number of anilines is 1. The summed E-state index contributed by atoms with van der Waals surface area (Å²) in [6.45, 7) is 8.65. The number of hydrogen-bond donors (Lipinski definition) is 2. The van der Waals surface area contributed by atoms with Crippen LogP contribution in [0.3, 0.4) is 0 Å². The molecule has 1 heterocycles. The molecule has 25 heavy (non-hydrogen) atoms. The minimum atomic E-state index is -0.176. The maximum Gasteiger partial charge on any atom is 0.319 e. The molecule has 2 rings (SSSR count). The van der Waals surface area contributed by atoms with Crippen molar-refractivity contribution in [3.63, 3.8) is 0 Å². The zero-order valence-electron chi connectivity index (χ0n) is 15.6. The molecule has 0 spiro atoms. The molecule has 1 aliphatic heterocycles. The molecule has 1 aromatic rings. The number of ether oxygens (including phenoxy) is 2. The van der Waals surface area contributed by atoms with E-state index in [-0.39, 0.29) is 12.1 Å². The quantitative estimate of drug-likeness (QED) is 0.708. The van der Waals surface area contributed by atoms with E-state index in [1.54, 1.807) is 7.11 Å². The van der Waals surface area contributed by atoms with Gasteiger partial charge in [-0.3, -0.25) is 0 Å². The lowest BCUT2D eigenvalue weighted by Crippen LogP contribution is -2.46. The van der Waals surface area contributed by atoms with Gasteiger partial charge in [-0.25, -0.2) is 4.79 Å². The van der Waals surface area contributed by atoms with Crippen molar-refractivity contribution in [2.24, 2.45) is 5.92 Å². The SMILES string of the molecule is COCCOc1ccccc1NC(=O)NC1CCN(CC(C)C)CC1. The van der Waals surface area contributed by atoms with Crippen LogP contribution in [0.25, 0.3) is 0 Å². The van der Waals surface area contributed by atoms with Gasteiger partial charge in [-0.1, -0.05) is 26.0 Å². The van der Waals surface area contributed by atoms with Gasteiger partial charge in [0.25, 0.3) is 0 Å². The summed E-state index contributed by atoms with van der Waals surface area (Å²) in [6, 6.07) is 7.50. The lowest BCUT2D eigenvalue weighted by Gasteiger charge is -2.33. The summed E-state index contributed by atoms with van der Waals surface area (Å²) in [5.74, 6) is 1.34. The highest BCUT2D eigenvalue weighted by atomic mass is 16.5. The van der Waals surface area contributed by atoms with Crippen LogP contribution in [-0.2, 0) is 4.74 Å². The third-order valence-corrected chi connectivity index (χ3v) is 4.23. The van der Waals surface area contributed by atoms with Crippen LogP contribution in [0.4, 0.5) is 10.5 Å². The van der Waals surface area contributed by atoms with Crippen LogP contribution in [0.5, 0.6) is 5.75 Å². The van der Waals surface area contributed by atoms with Gasteiger partial charge in [0.1, 0.15) is 12.4 Å². The first-order chi connectivity index (χ1) is 12.1. The van der Waals surface area contributed by atoms with E-state index in [0.29, 0.717) is 30.6 Å². The number of amides is 2. The Balaban J connectivity index is 1.79. The summed E-state index contributed by atoms with van der Waals surface area (Å²) < 4.78 is 10.6. The summed E-state index contributed by atoms with van der Waals surface area (Å²) in [5.41, 5.74) is 0.674. The van der Waals surface area contributed by atoms with E-state index in [9.17, 15) is 4.79 Å². The van der Waals surface area contributed by atoms with Gasteiger partial charge in [0.15, 0.2) is 0 Å². The van der Waals surface area contributed by atoms with Gasteiger partial charge >= 0.3 is 6.03 Å². The fourth-order valence-electron chi connectivity index (χ4n) is 3.05. The lowest BCUT2D eigenvalue weighted by molar-refractivity contribution is 0.146. The molecule has 0 aromatic heterocycles. The van der Waals surface area contributed by atoms with Crippen LogP contribution < -0.4 is 15.4 Å². The van der Waals surface area contributed by atoms with Crippen LogP contribution >= 0.6 is 0 Å². The van der Waals surface area contributed by atoms with Crippen LogP contribution in [0.1, 0.15) is 26.7 Å². The van der Waals surface area contributed by atoms with Gasteiger partial charge < -0.3 is 25.0 Å². The molecule has 1 aliphatic rings. The third kappa shape index (κ3) is 6.92. The number of carbonyl (C=O) groups is 1. The Hall–Kier alpha value is -1.79. The molecule has 0 saturated carbocycles. The number of nitrogens with zero attached hydrogens (tertiary/aromatic N) is 1. The van der Waals surface area contributed by atoms with Gasteiger partial charge in [0, 0.05) is 32.8 Å². The number of likely N-dealkylation sites (tertiary alicyclic amines) is 1. The molecule has 6 heteroatoms. The zero-order chi connectivity index (χ0) is 18.1. The largest absolute Gasteiger partial charge is 0.489 e. The van der Waals surface area contributed by atoms with E-state index in [1.165, 1.54) is 0 Å². The highest BCUT2D eigenvalue weighted by Crippen LogP contribution is 2.23. The van der Waals surface area contributed by atoms with Crippen LogP contribution in [0.15, 0.2) is 24.3 Å². The predicted octanol–water partition coefficient (Wildman–Crippen LogP) is 2.95. The molecular formula is C19H31N3O3. The number of piperidine rings is 1. The number of hydrogen-bond acceptors (Lipinski definition) is 4. The standard InChI is InChI=1S/C19H31N3O3/c1-15(2)14-22-10-8-16(9-11-22)20-19(23)21-17-6-4-5-7-18(17)25-13-12-24-3/h4-7,15-16H,8-14H2,1-3H3,(H2,20,21,23). The Kier molecular flexibility index (Phi) is 8.01. The maximum absolute atomic E-state index is 12.3. The van der Waals surface area contributed by atoms with E-state index in [2.05, 4.69) is 29.4 Å². The van der Waals surface area contributed by atoms with E-state index >= 15 is 0 Å². The fraction of sp³-hybridized carbons (Fsp3) is 0.632. The topological polar surface area (TPSA) is 62.8 Å². The molecule has 0 aliphatic carbocycles. The minimum Gasteiger partial charge on any atom is -0.489 e. The summed E-state index contributed by atoms with van der Waals surface area (Å²) in [5, 5.41) is 5.98. The summed E-state index contributed by atoms with van der Waals surface area (Å²) in [4.78, 5) is 14.8. The highest BCUT2D eigenvalue weighted by molar-refractivity contribution is 5.91.